The number of phosphoric ester groups is 1. The molecular weight excluding hydrogens is 647 g/mol. The van der Waals surface area contributed by atoms with Gasteiger partial charge in [0, 0.05) is 12.8 Å². The molecule has 0 amide bonds. The zero-order valence-electron chi connectivity index (χ0n) is 30.7. The normalized spacial score (nSPS) is 14.5. The van der Waals surface area contributed by atoms with Gasteiger partial charge in [0.2, 0.25) is 0 Å². The number of rotatable bonds is 35. The van der Waals surface area contributed by atoms with Crippen LogP contribution in [0, 0.1) is 0 Å². The van der Waals surface area contributed by atoms with Crippen molar-refractivity contribution in [1.82, 2.24) is 0 Å². The SMILES string of the molecule is CCCCCCCC/C=C/C/C=C/C/C=C/CCCC(=O)OC[C@@H](COP(=O)(O)OC[C@H](O)CO)OC(=O)CCCCCCCCCCC. The molecule has 49 heavy (non-hydrogen) atoms. The van der Waals surface area contributed by atoms with E-state index in [2.05, 4.69) is 48.8 Å². The van der Waals surface area contributed by atoms with Crippen LogP contribution in [0.5, 0.6) is 0 Å². The number of esters is 2. The number of hydrogen-bond donors (Lipinski definition) is 3. The largest absolute Gasteiger partial charge is 0.472 e. The summed E-state index contributed by atoms with van der Waals surface area (Å²) in [4.78, 5) is 34.7. The summed E-state index contributed by atoms with van der Waals surface area (Å²) in [6.07, 6.45) is 32.8. The molecule has 0 saturated heterocycles. The number of aliphatic hydroxyl groups excluding tert-OH is 2. The lowest BCUT2D eigenvalue weighted by molar-refractivity contribution is -0.161. The fourth-order valence-electron chi connectivity index (χ4n) is 4.83. The Kier molecular flexibility index (Phi) is 33.4. The molecule has 0 aliphatic rings. The van der Waals surface area contributed by atoms with E-state index >= 15 is 0 Å². The van der Waals surface area contributed by atoms with Crippen molar-refractivity contribution >= 4 is 19.8 Å². The van der Waals surface area contributed by atoms with Gasteiger partial charge in [-0.2, -0.15) is 0 Å². The predicted octanol–water partition coefficient (Wildman–Crippen LogP) is 9.22. The van der Waals surface area contributed by atoms with E-state index in [4.69, 9.17) is 19.1 Å². The van der Waals surface area contributed by atoms with E-state index in [1.54, 1.807) is 0 Å². The number of carbonyl (C=O) groups excluding carboxylic acids is 2. The van der Waals surface area contributed by atoms with Crippen LogP contribution in [0.25, 0.3) is 0 Å². The van der Waals surface area contributed by atoms with Crippen molar-refractivity contribution < 1.29 is 47.8 Å². The Morgan fingerprint density at radius 1 is 0.612 bits per heavy atom. The van der Waals surface area contributed by atoms with Gasteiger partial charge >= 0.3 is 19.8 Å². The number of unbranched alkanes of at least 4 members (excludes halogenated alkanes) is 15. The number of phosphoric acid groups is 1. The molecule has 0 rings (SSSR count). The second kappa shape index (κ2) is 34.6. The number of aliphatic hydroxyl groups is 2. The lowest BCUT2D eigenvalue weighted by Gasteiger charge is -2.20. The highest BCUT2D eigenvalue weighted by molar-refractivity contribution is 7.47. The summed E-state index contributed by atoms with van der Waals surface area (Å²) >= 11 is 0. The van der Waals surface area contributed by atoms with E-state index in [0.29, 0.717) is 19.3 Å². The number of allylic oxidation sites excluding steroid dienone is 6. The first-order valence-electron chi connectivity index (χ1n) is 18.9. The molecule has 0 aromatic heterocycles. The Balaban J connectivity index is 4.41. The fourth-order valence-corrected chi connectivity index (χ4v) is 5.62. The molecule has 3 atom stereocenters. The van der Waals surface area contributed by atoms with Crippen molar-refractivity contribution in [3.63, 3.8) is 0 Å². The van der Waals surface area contributed by atoms with Crippen LogP contribution in [0.2, 0.25) is 0 Å². The third-order valence-electron chi connectivity index (χ3n) is 7.80. The maximum Gasteiger partial charge on any atom is 0.472 e. The second-order valence-electron chi connectivity index (χ2n) is 12.6. The maximum atomic E-state index is 12.5. The van der Waals surface area contributed by atoms with Gasteiger partial charge in [0.1, 0.15) is 12.7 Å². The van der Waals surface area contributed by atoms with Gasteiger partial charge in [-0.05, 0) is 44.9 Å². The van der Waals surface area contributed by atoms with E-state index in [-0.39, 0.29) is 19.4 Å². The zero-order chi connectivity index (χ0) is 36.3. The van der Waals surface area contributed by atoms with Crippen molar-refractivity contribution in [3.05, 3.63) is 36.5 Å². The lowest BCUT2D eigenvalue weighted by atomic mass is 10.1. The molecule has 0 aromatic carbocycles. The molecule has 1 unspecified atom stereocenters. The van der Waals surface area contributed by atoms with Gasteiger partial charge in [0.15, 0.2) is 6.10 Å². The van der Waals surface area contributed by atoms with Crippen LogP contribution >= 0.6 is 7.82 Å². The highest BCUT2D eigenvalue weighted by atomic mass is 31.2. The Morgan fingerprint density at radius 3 is 1.65 bits per heavy atom. The molecule has 0 aromatic rings. The highest BCUT2D eigenvalue weighted by Crippen LogP contribution is 2.43. The summed E-state index contributed by atoms with van der Waals surface area (Å²) in [6, 6.07) is 0. The van der Waals surface area contributed by atoms with Gasteiger partial charge in [0.05, 0.1) is 19.8 Å². The monoisotopic (exact) mass is 716 g/mol. The number of hydrogen-bond acceptors (Lipinski definition) is 9. The summed E-state index contributed by atoms with van der Waals surface area (Å²) in [5, 5.41) is 18.2. The minimum atomic E-state index is -4.62. The topological polar surface area (TPSA) is 149 Å². The minimum Gasteiger partial charge on any atom is -0.462 e. The van der Waals surface area contributed by atoms with E-state index < -0.39 is 51.8 Å². The molecule has 0 spiro atoms. The molecular formula is C38H69O10P. The molecule has 0 saturated carbocycles. The van der Waals surface area contributed by atoms with Crippen LogP contribution in [0.1, 0.15) is 155 Å². The van der Waals surface area contributed by atoms with E-state index in [1.165, 1.54) is 70.6 Å². The van der Waals surface area contributed by atoms with Crippen LogP contribution in [-0.2, 0) is 32.7 Å². The summed E-state index contributed by atoms with van der Waals surface area (Å²) in [5.41, 5.74) is 0. The lowest BCUT2D eigenvalue weighted by Crippen LogP contribution is -2.29. The molecule has 0 radical (unpaired) electrons. The molecule has 3 N–H and O–H groups in total. The third-order valence-corrected chi connectivity index (χ3v) is 8.75. The van der Waals surface area contributed by atoms with Crippen molar-refractivity contribution in [2.24, 2.45) is 0 Å². The molecule has 0 fully saturated rings. The van der Waals surface area contributed by atoms with Gasteiger partial charge in [-0.15, -0.1) is 0 Å². The van der Waals surface area contributed by atoms with Crippen LogP contribution in [0.4, 0.5) is 0 Å². The quantitative estimate of drug-likeness (QED) is 0.0251. The van der Waals surface area contributed by atoms with Crippen LogP contribution in [0.15, 0.2) is 36.5 Å². The number of carbonyl (C=O) groups is 2. The Hall–Kier alpha value is -1.81. The molecule has 0 aliphatic carbocycles. The zero-order valence-corrected chi connectivity index (χ0v) is 31.5. The summed E-state index contributed by atoms with van der Waals surface area (Å²) in [7, 11) is -4.62. The molecule has 0 aliphatic heterocycles. The van der Waals surface area contributed by atoms with Crippen molar-refractivity contribution in [2.75, 3.05) is 26.4 Å². The smallest absolute Gasteiger partial charge is 0.462 e. The first kappa shape index (κ1) is 47.2. The molecule has 11 heteroatoms. The standard InChI is InChI=1S/C38H69O10P/c1-3-5-7-9-11-13-14-15-16-17-18-19-20-22-23-25-27-29-37(41)45-33-36(34-47-49(43,44)46-32-35(40)31-39)48-38(42)30-28-26-24-21-12-10-8-6-4-2/h15-16,18-19,22-23,35-36,39-40H,3-14,17,20-21,24-34H2,1-2H3,(H,43,44)/b16-15+,19-18+,23-22+/t35-,36+/m1/s1. The predicted molar refractivity (Wildman–Crippen MR) is 196 cm³/mol. The average Bonchev–Trinajstić information content (AvgIpc) is 3.09. The number of ether oxygens (including phenoxy) is 2. The highest BCUT2D eigenvalue weighted by Gasteiger charge is 2.27. The van der Waals surface area contributed by atoms with E-state index in [9.17, 15) is 24.2 Å². The van der Waals surface area contributed by atoms with Crippen LogP contribution < -0.4 is 0 Å². The van der Waals surface area contributed by atoms with Crippen molar-refractivity contribution in [1.29, 1.82) is 0 Å². The van der Waals surface area contributed by atoms with Gasteiger partial charge in [0.25, 0.3) is 0 Å². The molecule has 0 bridgehead atoms. The van der Waals surface area contributed by atoms with E-state index in [0.717, 1.165) is 38.5 Å². The summed E-state index contributed by atoms with van der Waals surface area (Å²) in [5.74, 6) is -0.990. The first-order chi connectivity index (χ1) is 23.7. The van der Waals surface area contributed by atoms with Gasteiger partial charge in [-0.3, -0.25) is 18.6 Å². The third kappa shape index (κ3) is 34.4. The minimum absolute atomic E-state index is 0.171. The van der Waals surface area contributed by atoms with Gasteiger partial charge in [-0.1, -0.05) is 134 Å². The van der Waals surface area contributed by atoms with Crippen molar-refractivity contribution in [3.8, 4) is 0 Å². The summed E-state index contributed by atoms with van der Waals surface area (Å²) < 4.78 is 32.4. The Labute approximate surface area is 297 Å². The Morgan fingerprint density at radius 2 is 1.08 bits per heavy atom. The average molecular weight is 717 g/mol. The first-order valence-corrected chi connectivity index (χ1v) is 20.4. The second-order valence-corrected chi connectivity index (χ2v) is 14.1. The molecule has 10 nitrogen and oxygen atoms in total. The van der Waals surface area contributed by atoms with Crippen LogP contribution in [-0.4, -0.2) is 65.7 Å². The molecule has 0 heterocycles. The fraction of sp³-hybridized carbons (Fsp3) is 0.789. The van der Waals surface area contributed by atoms with E-state index in [1.807, 2.05) is 6.08 Å². The van der Waals surface area contributed by atoms with Gasteiger partial charge < -0.3 is 24.6 Å². The van der Waals surface area contributed by atoms with Gasteiger partial charge in [-0.25, -0.2) is 4.57 Å². The molecule has 286 valence electrons. The maximum absolute atomic E-state index is 12.5. The van der Waals surface area contributed by atoms with Crippen LogP contribution in [0.3, 0.4) is 0 Å². The summed E-state index contributed by atoms with van der Waals surface area (Å²) in [6.45, 7) is 2.27. The van der Waals surface area contributed by atoms with Crippen molar-refractivity contribution in [2.45, 2.75) is 167 Å². The Bertz CT molecular complexity index is 920.